The molecule has 25 heavy (non-hydrogen) atoms. The molecule has 0 spiro atoms. The Bertz CT molecular complexity index is 1120. The first kappa shape index (κ1) is 15.5. The number of anilines is 2. The van der Waals surface area contributed by atoms with Crippen molar-refractivity contribution in [3.8, 4) is 0 Å². The second kappa shape index (κ2) is 6.10. The van der Waals surface area contributed by atoms with Gasteiger partial charge < -0.3 is 4.90 Å². The molecule has 0 saturated heterocycles. The molecule has 1 nitrogen and oxygen atoms in total. The Hall–Kier alpha value is -3.06. The molecule has 0 amide bonds. The average molecular weight is 323 g/mol. The summed E-state index contributed by atoms with van der Waals surface area (Å²) in [4.78, 5) is 2.24. The standard InChI is InChI=1S/C24H21N/c1-4-17-14-15-18-10-9-11-19-16-22(21(5-2)24(17)23(18)19)25(3)20-12-7-6-8-13-20/h4-16H,2H2,1,3H3/b17-4-. The highest BCUT2D eigenvalue weighted by Crippen LogP contribution is 2.37. The van der Waals surface area contributed by atoms with Crippen LogP contribution in [-0.2, 0) is 0 Å². The van der Waals surface area contributed by atoms with Crippen LogP contribution in [0.25, 0.3) is 33.7 Å². The van der Waals surface area contributed by atoms with E-state index in [0.717, 1.165) is 0 Å². The van der Waals surface area contributed by atoms with Crippen molar-refractivity contribution in [2.75, 3.05) is 11.9 Å². The fourth-order valence-electron chi connectivity index (χ4n) is 3.70. The average Bonchev–Trinajstić information content (AvgIpc) is 2.68. The first-order valence-electron chi connectivity index (χ1n) is 8.60. The lowest BCUT2D eigenvalue weighted by Gasteiger charge is -2.24. The first-order valence-corrected chi connectivity index (χ1v) is 8.60. The monoisotopic (exact) mass is 323 g/mol. The number of benzene rings is 4. The van der Waals surface area contributed by atoms with Crippen LogP contribution in [0.1, 0.15) is 12.5 Å². The third-order valence-electron chi connectivity index (χ3n) is 4.97. The third-order valence-corrected chi connectivity index (χ3v) is 4.97. The molecule has 0 fully saturated rings. The molecule has 0 radical (unpaired) electrons. The second-order valence-corrected chi connectivity index (χ2v) is 6.31. The maximum Gasteiger partial charge on any atom is 0.0494 e. The zero-order valence-corrected chi connectivity index (χ0v) is 14.7. The molecule has 0 N–H and O–H groups in total. The van der Waals surface area contributed by atoms with E-state index in [4.69, 9.17) is 0 Å². The summed E-state index contributed by atoms with van der Waals surface area (Å²) in [6, 6.07) is 23.7. The van der Waals surface area contributed by atoms with E-state index in [2.05, 4.69) is 92.2 Å². The summed E-state index contributed by atoms with van der Waals surface area (Å²) in [6.07, 6.45) is 4.17. The lowest BCUT2D eigenvalue weighted by Crippen LogP contribution is -2.13. The van der Waals surface area contributed by atoms with Crippen LogP contribution in [0, 0.1) is 0 Å². The SMILES string of the molecule is C=Cc1c(N(C)c2ccccc2)cc2cccc3cc/c(=C/C)c1c32. The maximum atomic E-state index is 4.13. The maximum absolute atomic E-state index is 4.13. The number of hydrogen-bond donors (Lipinski definition) is 0. The Kier molecular flexibility index (Phi) is 3.77. The molecule has 0 heterocycles. The second-order valence-electron chi connectivity index (χ2n) is 6.31. The summed E-state index contributed by atoms with van der Waals surface area (Å²) >= 11 is 0. The van der Waals surface area contributed by atoms with Crippen molar-refractivity contribution in [1.82, 2.24) is 0 Å². The normalized spacial score (nSPS) is 12.0. The molecular weight excluding hydrogens is 302 g/mol. The molecule has 0 aliphatic carbocycles. The fraction of sp³-hybridized carbons (Fsp3) is 0.0833. The minimum Gasteiger partial charge on any atom is -0.344 e. The molecule has 4 rings (SSSR count). The van der Waals surface area contributed by atoms with Crippen molar-refractivity contribution in [1.29, 1.82) is 0 Å². The molecular formula is C24H21N. The third kappa shape index (κ3) is 2.40. The van der Waals surface area contributed by atoms with E-state index in [0.29, 0.717) is 0 Å². The smallest absolute Gasteiger partial charge is 0.0494 e. The van der Waals surface area contributed by atoms with Crippen LogP contribution in [-0.4, -0.2) is 7.05 Å². The van der Waals surface area contributed by atoms with Gasteiger partial charge in [0.25, 0.3) is 0 Å². The van der Waals surface area contributed by atoms with Crippen LogP contribution in [0.2, 0.25) is 0 Å². The van der Waals surface area contributed by atoms with Crippen molar-refractivity contribution in [3.05, 3.63) is 84.1 Å². The molecule has 0 bridgehead atoms. The summed E-state index contributed by atoms with van der Waals surface area (Å²) < 4.78 is 0. The molecule has 0 unspecified atom stereocenters. The van der Waals surface area contributed by atoms with E-state index in [1.807, 2.05) is 12.1 Å². The fourth-order valence-corrected chi connectivity index (χ4v) is 3.70. The van der Waals surface area contributed by atoms with Crippen molar-refractivity contribution in [2.24, 2.45) is 0 Å². The largest absolute Gasteiger partial charge is 0.344 e. The quantitative estimate of drug-likeness (QED) is 0.452. The van der Waals surface area contributed by atoms with Gasteiger partial charge in [-0.3, -0.25) is 0 Å². The Balaban J connectivity index is 2.15. The molecule has 0 atom stereocenters. The van der Waals surface area contributed by atoms with E-state index in [9.17, 15) is 0 Å². The molecule has 1 heteroatoms. The topological polar surface area (TPSA) is 3.24 Å². The van der Waals surface area contributed by atoms with Crippen LogP contribution in [0.4, 0.5) is 11.4 Å². The molecule has 122 valence electrons. The highest BCUT2D eigenvalue weighted by atomic mass is 15.1. The molecule has 0 aromatic heterocycles. The van der Waals surface area contributed by atoms with Gasteiger partial charge in [0.05, 0.1) is 0 Å². The van der Waals surface area contributed by atoms with Gasteiger partial charge in [0.2, 0.25) is 0 Å². The summed E-state index contributed by atoms with van der Waals surface area (Å²) in [5.74, 6) is 0. The molecule has 4 aromatic rings. The highest BCUT2D eigenvalue weighted by Gasteiger charge is 2.14. The van der Waals surface area contributed by atoms with E-state index in [-0.39, 0.29) is 0 Å². The number of rotatable bonds is 3. The van der Waals surface area contributed by atoms with E-state index in [1.165, 1.54) is 43.7 Å². The van der Waals surface area contributed by atoms with Crippen LogP contribution in [0.5, 0.6) is 0 Å². The summed E-state index contributed by atoms with van der Waals surface area (Å²) in [6.45, 7) is 6.22. The van der Waals surface area contributed by atoms with E-state index < -0.39 is 0 Å². The van der Waals surface area contributed by atoms with Crippen molar-refractivity contribution < 1.29 is 0 Å². The van der Waals surface area contributed by atoms with Gasteiger partial charge in [-0.1, -0.05) is 67.3 Å². The summed E-state index contributed by atoms with van der Waals surface area (Å²) in [7, 11) is 2.12. The summed E-state index contributed by atoms with van der Waals surface area (Å²) in [5.41, 5.74) is 3.53. The van der Waals surface area contributed by atoms with Gasteiger partial charge in [-0.25, -0.2) is 0 Å². The lowest BCUT2D eigenvalue weighted by molar-refractivity contribution is 1.21. The molecule has 0 aliphatic heterocycles. The van der Waals surface area contributed by atoms with E-state index in [1.54, 1.807) is 0 Å². The summed E-state index contributed by atoms with van der Waals surface area (Å²) in [5, 5.41) is 6.39. The van der Waals surface area contributed by atoms with Crippen LogP contribution in [0.3, 0.4) is 0 Å². The van der Waals surface area contributed by atoms with Crippen LogP contribution in [0.15, 0.2) is 73.3 Å². The minimum atomic E-state index is 1.17. The number of para-hydroxylation sites is 1. The molecule has 0 aliphatic rings. The van der Waals surface area contributed by atoms with Crippen LogP contribution < -0.4 is 10.1 Å². The van der Waals surface area contributed by atoms with Gasteiger partial charge in [0.15, 0.2) is 0 Å². The van der Waals surface area contributed by atoms with Gasteiger partial charge >= 0.3 is 0 Å². The number of nitrogens with zero attached hydrogens (tertiary/aromatic N) is 1. The lowest BCUT2D eigenvalue weighted by atomic mass is 9.93. The minimum absolute atomic E-state index is 1.17. The van der Waals surface area contributed by atoms with Gasteiger partial charge in [-0.05, 0) is 51.9 Å². The Morgan fingerprint density at radius 2 is 1.60 bits per heavy atom. The predicted octanol–water partition coefficient (Wildman–Crippen LogP) is 5.92. The van der Waals surface area contributed by atoms with Crippen molar-refractivity contribution >= 4 is 45.1 Å². The van der Waals surface area contributed by atoms with Crippen molar-refractivity contribution in [3.63, 3.8) is 0 Å². The van der Waals surface area contributed by atoms with Crippen LogP contribution >= 0.6 is 0 Å². The first-order chi connectivity index (χ1) is 12.2. The van der Waals surface area contributed by atoms with Gasteiger partial charge in [0, 0.05) is 24.0 Å². The zero-order chi connectivity index (χ0) is 17.4. The Labute approximate surface area is 148 Å². The van der Waals surface area contributed by atoms with Crippen molar-refractivity contribution in [2.45, 2.75) is 6.92 Å². The Morgan fingerprint density at radius 3 is 2.32 bits per heavy atom. The van der Waals surface area contributed by atoms with Gasteiger partial charge in [0.1, 0.15) is 0 Å². The van der Waals surface area contributed by atoms with Gasteiger partial charge in [-0.15, -0.1) is 0 Å². The highest BCUT2D eigenvalue weighted by molar-refractivity contribution is 6.15. The van der Waals surface area contributed by atoms with Gasteiger partial charge in [-0.2, -0.15) is 0 Å². The zero-order valence-electron chi connectivity index (χ0n) is 14.7. The molecule has 4 aromatic carbocycles. The molecule has 0 saturated carbocycles. The Morgan fingerprint density at radius 1 is 0.840 bits per heavy atom. The van der Waals surface area contributed by atoms with E-state index >= 15 is 0 Å². The predicted molar refractivity (Wildman–Crippen MR) is 111 cm³/mol. The number of hydrogen-bond acceptors (Lipinski definition) is 1.